The monoisotopic (exact) mass is 706 g/mol. The third-order valence-electron chi connectivity index (χ3n) is 9.94. The summed E-state index contributed by atoms with van der Waals surface area (Å²) in [5, 5.41) is 11.1. The summed E-state index contributed by atoms with van der Waals surface area (Å²) in [5.74, 6) is -1.24. The van der Waals surface area contributed by atoms with Gasteiger partial charge in [-0.25, -0.2) is 0 Å². The van der Waals surface area contributed by atoms with Crippen LogP contribution in [0.25, 0.3) is 0 Å². The zero-order valence-corrected chi connectivity index (χ0v) is 33.3. The second-order valence-electron chi connectivity index (χ2n) is 15.0. The third kappa shape index (κ3) is 38.9. The van der Waals surface area contributed by atoms with Crippen LogP contribution in [0.1, 0.15) is 239 Å². The molecule has 0 saturated heterocycles. The Morgan fingerprint density at radius 1 is 0.500 bits per heavy atom. The van der Waals surface area contributed by atoms with Crippen molar-refractivity contribution in [2.75, 3.05) is 6.54 Å². The van der Waals surface area contributed by atoms with E-state index in [0.29, 0.717) is 12.8 Å². The van der Waals surface area contributed by atoms with Crippen LogP contribution >= 0.6 is 0 Å². The molecule has 1 atom stereocenters. The zero-order valence-electron chi connectivity index (χ0n) is 33.3. The highest BCUT2D eigenvalue weighted by Gasteiger charge is 2.14. The fraction of sp³-hybridized carbons (Fsp3) is 0.886. The third-order valence-corrected chi connectivity index (χ3v) is 9.94. The summed E-state index contributed by atoms with van der Waals surface area (Å²) in [5.41, 5.74) is 0. The Bertz CT molecular complexity index is 782. The smallest absolute Gasteiger partial charge is 0.322 e. The summed E-state index contributed by atoms with van der Waals surface area (Å²) >= 11 is 0. The van der Waals surface area contributed by atoms with Crippen LogP contribution < -0.4 is 5.32 Å². The van der Waals surface area contributed by atoms with Crippen LogP contribution in [0.4, 0.5) is 0 Å². The van der Waals surface area contributed by atoms with E-state index in [2.05, 4.69) is 31.3 Å². The topological polar surface area (TPSA) is 92.7 Å². The number of unbranched alkanes of at least 4 members (excludes halogenated alkanes) is 27. The highest BCUT2D eigenvalue weighted by atomic mass is 16.5. The van der Waals surface area contributed by atoms with Gasteiger partial charge < -0.3 is 15.2 Å². The Hall–Kier alpha value is -1.85. The highest BCUT2D eigenvalue weighted by Crippen LogP contribution is 2.18. The predicted octanol–water partition coefficient (Wildman–Crippen LogP) is 13.3. The Kier molecular flexibility index (Phi) is 38.5. The lowest BCUT2D eigenvalue weighted by Gasteiger charge is -2.18. The quantitative estimate of drug-likeness (QED) is 0.0376. The van der Waals surface area contributed by atoms with Gasteiger partial charge in [-0.3, -0.25) is 14.4 Å². The Balaban J connectivity index is 4.16. The highest BCUT2D eigenvalue weighted by molar-refractivity contribution is 5.80. The first-order chi connectivity index (χ1) is 24.5. The molecule has 0 aromatic carbocycles. The van der Waals surface area contributed by atoms with Gasteiger partial charge in [0.05, 0.1) is 0 Å². The second-order valence-corrected chi connectivity index (χ2v) is 15.0. The number of aliphatic carboxylic acids is 1. The number of esters is 1. The van der Waals surface area contributed by atoms with E-state index < -0.39 is 5.97 Å². The molecule has 0 saturated carbocycles. The minimum atomic E-state index is -1.02. The number of hydrogen-bond acceptors (Lipinski definition) is 4. The normalized spacial score (nSPS) is 12.0. The maximum absolute atomic E-state index is 12.7. The molecule has 294 valence electrons. The summed E-state index contributed by atoms with van der Waals surface area (Å²) in [6.45, 7) is 4.24. The first kappa shape index (κ1) is 48.1. The van der Waals surface area contributed by atoms with Crippen LogP contribution in [0, 0.1) is 0 Å². The van der Waals surface area contributed by atoms with E-state index in [1.807, 2.05) is 0 Å². The molecule has 0 aromatic rings. The first-order valence-corrected chi connectivity index (χ1v) is 21.8. The van der Waals surface area contributed by atoms with Crippen molar-refractivity contribution >= 4 is 17.8 Å². The maximum Gasteiger partial charge on any atom is 0.322 e. The molecular weight excluding hydrogens is 622 g/mol. The number of nitrogens with one attached hydrogen (secondary N) is 1. The van der Waals surface area contributed by atoms with Crippen molar-refractivity contribution in [1.29, 1.82) is 0 Å². The van der Waals surface area contributed by atoms with E-state index >= 15 is 0 Å². The molecule has 0 aliphatic heterocycles. The number of carboxylic acids is 1. The Morgan fingerprint density at radius 2 is 0.880 bits per heavy atom. The first-order valence-electron chi connectivity index (χ1n) is 21.8. The molecule has 0 aliphatic carbocycles. The van der Waals surface area contributed by atoms with E-state index in [9.17, 15) is 14.4 Å². The molecule has 0 spiro atoms. The van der Waals surface area contributed by atoms with Crippen LogP contribution in [0.5, 0.6) is 0 Å². The second kappa shape index (κ2) is 39.9. The summed E-state index contributed by atoms with van der Waals surface area (Å²) < 4.78 is 6.02. The van der Waals surface area contributed by atoms with Gasteiger partial charge in [-0.1, -0.05) is 180 Å². The summed E-state index contributed by atoms with van der Waals surface area (Å²) in [6.07, 6.45) is 46.2. The molecular formula is C44H83NO5. The molecule has 0 heterocycles. The van der Waals surface area contributed by atoms with Gasteiger partial charge in [0.15, 0.2) is 0 Å². The molecule has 0 radical (unpaired) electrons. The lowest BCUT2D eigenvalue weighted by molar-refractivity contribution is -0.150. The molecule has 0 aromatic heterocycles. The molecule has 6 heteroatoms. The van der Waals surface area contributed by atoms with Crippen molar-refractivity contribution in [2.24, 2.45) is 0 Å². The minimum Gasteiger partial charge on any atom is -0.480 e. The van der Waals surface area contributed by atoms with Crippen LogP contribution in [0.2, 0.25) is 0 Å². The van der Waals surface area contributed by atoms with Crippen molar-refractivity contribution in [2.45, 2.75) is 245 Å². The van der Waals surface area contributed by atoms with E-state index in [4.69, 9.17) is 9.84 Å². The standard InChI is InChI=1S/C44H83NO5/c1-3-5-7-9-11-13-15-17-18-20-22-24-26-31-35-39-44(49)50-41(37-33-29-27-30-34-38-42(46)45-40-43(47)48)36-32-28-25-23-21-19-16-14-12-10-8-6-4-2/h23,25,41H,3-22,24,26-40H2,1-2H3,(H,45,46)(H,47,48)/b25-23-. The van der Waals surface area contributed by atoms with Crippen molar-refractivity contribution in [1.82, 2.24) is 5.32 Å². The molecule has 6 nitrogen and oxygen atoms in total. The van der Waals surface area contributed by atoms with Crippen LogP contribution in [0.15, 0.2) is 12.2 Å². The number of allylic oxidation sites excluding steroid dienone is 2. The summed E-state index contributed by atoms with van der Waals surface area (Å²) in [4.78, 5) is 35.0. The molecule has 0 fully saturated rings. The van der Waals surface area contributed by atoms with Crippen LogP contribution in [-0.2, 0) is 19.1 Å². The van der Waals surface area contributed by atoms with Gasteiger partial charge in [-0.15, -0.1) is 0 Å². The molecule has 1 unspecified atom stereocenters. The van der Waals surface area contributed by atoms with Gasteiger partial charge in [0.25, 0.3) is 0 Å². The van der Waals surface area contributed by atoms with Gasteiger partial charge in [0.2, 0.25) is 5.91 Å². The predicted molar refractivity (Wildman–Crippen MR) is 213 cm³/mol. The number of carbonyl (C=O) groups excluding carboxylic acids is 2. The van der Waals surface area contributed by atoms with Gasteiger partial charge in [-0.05, 0) is 57.8 Å². The van der Waals surface area contributed by atoms with Gasteiger partial charge in [-0.2, -0.15) is 0 Å². The average Bonchev–Trinajstić information content (AvgIpc) is 3.10. The number of carboxylic acid groups (broad SMARTS) is 1. The number of carbonyl (C=O) groups is 3. The van der Waals surface area contributed by atoms with E-state index in [-0.39, 0.29) is 24.5 Å². The molecule has 0 bridgehead atoms. The largest absolute Gasteiger partial charge is 0.480 e. The van der Waals surface area contributed by atoms with E-state index in [1.54, 1.807) is 0 Å². The minimum absolute atomic E-state index is 0.00162. The molecule has 0 rings (SSSR count). The van der Waals surface area contributed by atoms with Gasteiger partial charge in [0, 0.05) is 12.8 Å². The molecule has 50 heavy (non-hydrogen) atoms. The Labute approximate surface area is 310 Å². The lowest BCUT2D eigenvalue weighted by atomic mass is 10.0. The van der Waals surface area contributed by atoms with Crippen molar-refractivity contribution in [3.8, 4) is 0 Å². The van der Waals surface area contributed by atoms with Crippen molar-refractivity contribution < 1.29 is 24.2 Å². The van der Waals surface area contributed by atoms with Crippen LogP contribution in [-0.4, -0.2) is 35.6 Å². The molecule has 0 aliphatic rings. The van der Waals surface area contributed by atoms with E-state index in [0.717, 1.165) is 70.6 Å². The lowest BCUT2D eigenvalue weighted by Crippen LogP contribution is -2.28. The zero-order chi connectivity index (χ0) is 36.6. The molecule has 1 amide bonds. The average molecular weight is 706 g/mol. The van der Waals surface area contributed by atoms with Crippen LogP contribution in [0.3, 0.4) is 0 Å². The summed E-state index contributed by atoms with van der Waals surface area (Å²) in [7, 11) is 0. The fourth-order valence-corrected chi connectivity index (χ4v) is 6.69. The van der Waals surface area contributed by atoms with E-state index in [1.165, 1.54) is 141 Å². The number of rotatable bonds is 40. The van der Waals surface area contributed by atoms with Crippen molar-refractivity contribution in [3.05, 3.63) is 12.2 Å². The van der Waals surface area contributed by atoms with Gasteiger partial charge >= 0.3 is 11.9 Å². The maximum atomic E-state index is 12.7. The molecule has 2 N–H and O–H groups in total. The number of ether oxygens (including phenoxy) is 1. The Morgan fingerprint density at radius 3 is 1.36 bits per heavy atom. The SMILES string of the molecule is CCCCCCCCCC/C=C\CCCC(CCCCCCCC(=O)NCC(=O)O)OC(=O)CCCCCCCCCCCCCCCCC. The van der Waals surface area contributed by atoms with Crippen molar-refractivity contribution in [3.63, 3.8) is 0 Å². The summed E-state index contributed by atoms with van der Waals surface area (Å²) in [6, 6.07) is 0. The van der Waals surface area contributed by atoms with Gasteiger partial charge in [0.1, 0.15) is 12.6 Å². The number of amides is 1. The fourth-order valence-electron chi connectivity index (χ4n) is 6.69. The number of hydrogen-bond donors (Lipinski definition) is 2.